The topological polar surface area (TPSA) is 39.4 Å². The van der Waals surface area contributed by atoms with Crippen LogP contribution in [0.25, 0.3) is 0 Å². The number of hydrogen-bond donors (Lipinski definition) is 0. The first kappa shape index (κ1) is 18.8. The zero-order valence-electron chi connectivity index (χ0n) is 18.0. The van der Waals surface area contributed by atoms with Crippen molar-refractivity contribution < 1.29 is 13.9 Å². The second kappa shape index (κ2) is 6.12. The highest BCUT2D eigenvalue weighted by Crippen LogP contribution is 2.70. The molecule has 3 nitrogen and oxygen atoms in total. The summed E-state index contributed by atoms with van der Waals surface area (Å²) in [6, 6.07) is 1.98. The number of hydrogen-bond acceptors (Lipinski definition) is 3. The fraction of sp³-hybridized carbons (Fsp3) is 0.800. The average Bonchev–Trinajstić information content (AvgIpc) is 3.15. The summed E-state index contributed by atoms with van der Waals surface area (Å²) in [5.74, 6) is 2.42. The van der Waals surface area contributed by atoms with Gasteiger partial charge in [0.25, 0.3) is 0 Å². The van der Waals surface area contributed by atoms with Crippen molar-refractivity contribution in [1.29, 1.82) is 0 Å². The normalized spacial score (nSPS) is 47.4. The van der Waals surface area contributed by atoms with Gasteiger partial charge in [-0.25, -0.2) is 0 Å². The molecule has 28 heavy (non-hydrogen) atoms. The van der Waals surface area contributed by atoms with E-state index in [9.17, 15) is 4.79 Å². The third-order valence-electron chi connectivity index (χ3n) is 9.90. The summed E-state index contributed by atoms with van der Waals surface area (Å²) < 4.78 is 11.2. The van der Waals surface area contributed by atoms with Crippen molar-refractivity contribution in [1.82, 2.24) is 0 Å². The quantitative estimate of drug-likeness (QED) is 0.516. The Hall–Kier alpha value is -1.25. The molecule has 0 aromatic carbocycles. The van der Waals surface area contributed by atoms with Gasteiger partial charge in [-0.2, -0.15) is 0 Å². The van der Waals surface area contributed by atoms with Crippen LogP contribution in [-0.2, 0) is 9.53 Å². The van der Waals surface area contributed by atoms with Gasteiger partial charge < -0.3 is 9.15 Å². The van der Waals surface area contributed by atoms with E-state index >= 15 is 0 Å². The second-order valence-electron chi connectivity index (χ2n) is 11.5. The Morgan fingerprint density at radius 2 is 1.79 bits per heavy atom. The van der Waals surface area contributed by atoms with Crippen LogP contribution >= 0.6 is 0 Å². The van der Waals surface area contributed by atoms with E-state index in [2.05, 4.69) is 27.7 Å². The minimum absolute atomic E-state index is 0.00873. The molecule has 4 fully saturated rings. The van der Waals surface area contributed by atoms with Crippen LogP contribution in [0.15, 0.2) is 23.0 Å². The molecule has 1 aliphatic heterocycles. The van der Waals surface area contributed by atoms with Gasteiger partial charge in [-0.15, -0.1) is 0 Å². The van der Waals surface area contributed by atoms with E-state index in [1.165, 1.54) is 44.9 Å². The summed E-state index contributed by atoms with van der Waals surface area (Å²) in [6.45, 7) is 10.2. The minimum atomic E-state index is -0.115. The Balaban J connectivity index is 1.51. The van der Waals surface area contributed by atoms with Crippen molar-refractivity contribution in [3.63, 3.8) is 0 Å². The maximum absolute atomic E-state index is 12.7. The lowest BCUT2D eigenvalue weighted by molar-refractivity contribution is -0.211. The lowest BCUT2D eigenvalue weighted by Gasteiger charge is -2.67. The monoisotopic (exact) mass is 384 g/mol. The second-order valence-corrected chi connectivity index (χ2v) is 11.5. The lowest BCUT2D eigenvalue weighted by atomic mass is 9.38. The molecule has 0 spiro atoms. The van der Waals surface area contributed by atoms with Gasteiger partial charge in [0, 0.05) is 17.9 Å². The third kappa shape index (κ3) is 2.50. The molecule has 0 unspecified atom stereocenters. The number of cyclic esters (lactones) is 1. The predicted molar refractivity (Wildman–Crippen MR) is 108 cm³/mol. The number of esters is 1. The maximum atomic E-state index is 12.7. The van der Waals surface area contributed by atoms with Gasteiger partial charge in [0.05, 0.1) is 12.5 Å². The Labute approximate surface area is 169 Å². The Bertz CT molecular complexity index is 750. The molecule has 1 aromatic heterocycles. The summed E-state index contributed by atoms with van der Waals surface area (Å²) in [6.07, 6.45) is 13.1. The molecule has 3 aliphatic carbocycles. The molecule has 2 heterocycles. The fourth-order valence-electron chi connectivity index (χ4n) is 8.79. The molecule has 0 N–H and O–H groups in total. The highest BCUT2D eigenvalue weighted by molar-refractivity contribution is 5.71. The molecule has 0 radical (unpaired) electrons. The zero-order chi connectivity index (χ0) is 19.7. The molecule has 0 bridgehead atoms. The van der Waals surface area contributed by atoms with Crippen LogP contribution in [0.3, 0.4) is 0 Å². The Kier molecular flexibility index (Phi) is 4.10. The lowest BCUT2D eigenvalue weighted by Crippen LogP contribution is -2.60. The molecule has 7 atom stereocenters. The fourth-order valence-corrected chi connectivity index (χ4v) is 8.79. The van der Waals surface area contributed by atoms with Crippen LogP contribution in [-0.4, -0.2) is 5.97 Å². The van der Waals surface area contributed by atoms with Crippen molar-refractivity contribution >= 4 is 5.97 Å². The number of ether oxygens (including phenoxy) is 1. The highest BCUT2D eigenvalue weighted by Gasteiger charge is 2.63. The van der Waals surface area contributed by atoms with Crippen LogP contribution in [0, 0.1) is 39.9 Å². The summed E-state index contributed by atoms with van der Waals surface area (Å²) in [4.78, 5) is 12.7. The molecule has 3 heteroatoms. The number of fused-ring (bicyclic) bond motifs is 5. The van der Waals surface area contributed by atoms with E-state index in [1.54, 1.807) is 12.5 Å². The van der Waals surface area contributed by atoms with Crippen LogP contribution in [0.4, 0.5) is 0 Å². The number of carbonyl (C=O) groups is 1. The van der Waals surface area contributed by atoms with Crippen molar-refractivity contribution in [3.05, 3.63) is 24.2 Å². The van der Waals surface area contributed by atoms with Gasteiger partial charge in [-0.3, -0.25) is 4.79 Å². The molecule has 1 aromatic rings. The van der Waals surface area contributed by atoms with Gasteiger partial charge in [0.1, 0.15) is 6.10 Å². The minimum Gasteiger partial charge on any atom is -0.472 e. The van der Waals surface area contributed by atoms with Crippen molar-refractivity contribution in [2.75, 3.05) is 0 Å². The summed E-state index contributed by atoms with van der Waals surface area (Å²) in [5.41, 5.74) is 2.18. The van der Waals surface area contributed by atoms with Crippen LogP contribution < -0.4 is 0 Å². The molecule has 4 aliphatic rings. The van der Waals surface area contributed by atoms with E-state index in [0.717, 1.165) is 17.4 Å². The number of furan rings is 1. The van der Waals surface area contributed by atoms with E-state index in [1.807, 2.05) is 6.07 Å². The SMILES string of the molecule is CC1(C)CCC[C@]2(C)[C@H]3CC[C@H]4[C@@H](CC(=O)O[C@H]4c4ccoc4)[C@]3(C)CC[C@@H]12. The van der Waals surface area contributed by atoms with E-state index in [0.29, 0.717) is 29.1 Å². The van der Waals surface area contributed by atoms with Gasteiger partial charge in [-0.05, 0) is 78.6 Å². The molecule has 154 valence electrons. The van der Waals surface area contributed by atoms with Crippen LogP contribution in [0.5, 0.6) is 0 Å². The third-order valence-corrected chi connectivity index (χ3v) is 9.90. The summed E-state index contributed by atoms with van der Waals surface area (Å²) >= 11 is 0. The highest BCUT2D eigenvalue weighted by atomic mass is 16.5. The molecule has 1 saturated heterocycles. The van der Waals surface area contributed by atoms with Crippen molar-refractivity contribution in [2.45, 2.75) is 85.2 Å². The average molecular weight is 385 g/mol. The van der Waals surface area contributed by atoms with E-state index in [4.69, 9.17) is 9.15 Å². The first-order valence-corrected chi connectivity index (χ1v) is 11.5. The van der Waals surface area contributed by atoms with Crippen LogP contribution in [0.1, 0.15) is 90.7 Å². The summed E-state index contributed by atoms with van der Waals surface area (Å²) in [5, 5.41) is 0. The number of carbonyl (C=O) groups excluding carboxylic acids is 1. The van der Waals surface area contributed by atoms with Gasteiger partial charge in [-0.1, -0.05) is 34.1 Å². The van der Waals surface area contributed by atoms with Gasteiger partial charge in [0.2, 0.25) is 0 Å². The molecule has 5 rings (SSSR count). The Morgan fingerprint density at radius 1 is 0.964 bits per heavy atom. The summed E-state index contributed by atoms with van der Waals surface area (Å²) in [7, 11) is 0. The molecular weight excluding hydrogens is 348 g/mol. The van der Waals surface area contributed by atoms with Gasteiger partial charge >= 0.3 is 5.97 Å². The first-order valence-electron chi connectivity index (χ1n) is 11.5. The molecular formula is C25H36O3. The predicted octanol–water partition coefficient (Wildman–Crippen LogP) is 6.54. The Morgan fingerprint density at radius 3 is 2.54 bits per heavy atom. The van der Waals surface area contributed by atoms with Gasteiger partial charge in [0.15, 0.2) is 0 Å². The zero-order valence-corrected chi connectivity index (χ0v) is 18.0. The largest absolute Gasteiger partial charge is 0.472 e. The first-order chi connectivity index (χ1) is 13.3. The van der Waals surface area contributed by atoms with Crippen molar-refractivity contribution in [3.8, 4) is 0 Å². The van der Waals surface area contributed by atoms with Crippen LogP contribution in [0.2, 0.25) is 0 Å². The molecule has 0 amide bonds. The van der Waals surface area contributed by atoms with E-state index < -0.39 is 0 Å². The molecule has 3 saturated carbocycles. The smallest absolute Gasteiger partial charge is 0.306 e. The van der Waals surface area contributed by atoms with Crippen molar-refractivity contribution in [2.24, 2.45) is 39.9 Å². The number of rotatable bonds is 1. The maximum Gasteiger partial charge on any atom is 0.306 e. The van der Waals surface area contributed by atoms with E-state index in [-0.39, 0.29) is 17.5 Å². The standard InChI is InChI=1S/C25H36O3/c1-23(2)10-5-11-25(4)19(23)8-12-24(3)18-14-21(26)28-22(16-9-13-27-15-16)17(18)6-7-20(24)25/h9,13,15,17-20,22H,5-8,10-12,14H2,1-4H3/t17-,18+,19-,20-,22-,24-,25-/m0/s1.